The van der Waals surface area contributed by atoms with E-state index in [2.05, 4.69) is 15.9 Å². The standard InChI is InChI=1S/C16H15BrClNO2/c1-2-7-21-15-6-4-10(8-12(15)17)16(20)11-3-5-14(19)13(18)9-11/h3-6,8-9H,2,7,19H2,1H3. The number of carbonyl (C=O) groups is 1. The van der Waals surface area contributed by atoms with Gasteiger partial charge in [-0.3, -0.25) is 4.79 Å². The van der Waals surface area contributed by atoms with Crippen molar-refractivity contribution in [1.29, 1.82) is 0 Å². The minimum atomic E-state index is -0.111. The van der Waals surface area contributed by atoms with Crippen LogP contribution in [0, 0.1) is 0 Å². The van der Waals surface area contributed by atoms with Crippen LogP contribution >= 0.6 is 27.5 Å². The van der Waals surface area contributed by atoms with Gasteiger partial charge in [0.1, 0.15) is 5.75 Å². The lowest BCUT2D eigenvalue weighted by Gasteiger charge is -2.09. The second-order valence-corrected chi connectivity index (χ2v) is 5.82. The number of nitrogen functional groups attached to an aromatic ring is 1. The Morgan fingerprint density at radius 2 is 1.90 bits per heavy atom. The SMILES string of the molecule is CCCOc1ccc(C(=O)c2ccc(N)c(Cl)c2)cc1Br. The van der Waals surface area contributed by atoms with Crippen molar-refractivity contribution in [3.05, 3.63) is 57.0 Å². The summed E-state index contributed by atoms with van der Waals surface area (Å²) in [4.78, 5) is 12.4. The van der Waals surface area contributed by atoms with Crippen molar-refractivity contribution < 1.29 is 9.53 Å². The van der Waals surface area contributed by atoms with E-state index in [-0.39, 0.29) is 5.78 Å². The van der Waals surface area contributed by atoms with E-state index in [0.717, 1.165) is 16.6 Å². The third-order valence-corrected chi connectivity index (χ3v) is 3.87. The molecule has 2 N–H and O–H groups in total. The molecule has 0 aliphatic heterocycles. The molecule has 0 atom stereocenters. The first-order chi connectivity index (χ1) is 10.0. The molecule has 3 nitrogen and oxygen atoms in total. The summed E-state index contributed by atoms with van der Waals surface area (Å²) in [6.07, 6.45) is 0.928. The number of anilines is 1. The van der Waals surface area contributed by atoms with E-state index in [9.17, 15) is 4.79 Å². The molecule has 2 aromatic rings. The predicted octanol–water partition coefficient (Wildman–Crippen LogP) is 4.70. The molecular formula is C16H15BrClNO2. The van der Waals surface area contributed by atoms with Crippen LogP contribution in [0.25, 0.3) is 0 Å². The zero-order valence-electron chi connectivity index (χ0n) is 11.5. The Labute approximate surface area is 137 Å². The molecule has 0 saturated heterocycles. The van der Waals surface area contributed by atoms with Crippen LogP contribution in [0.15, 0.2) is 40.9 Å². The Kier molecular flexibility index (Phi) is 5.26. The lowest BCUT2D eigenvalue weighted by atomic mass is 10.0. The van der Waals surface area contributed by atoms with E-state index in [1.807, 2.05) is 6.92 Å². The first kappa shape index (κ1) is 15.9. The first-order valence-corrected chi connectivity index (χ1v) is 7.72. The second kappa shape index (κ2) is 6.96. The second-order valence-electron chi connectivity index (χ2n) is 4.56. The molecule has 0 radical (unpaired) electrons. The van der Waals surface area contributed by atoms with Crippen LogP contribution in [-0.2, 0) is 0 Å². The molecule has 2 rings (SSSR count). The largest absolute Gasteiger partial charge is 0.492 e. The zero-order chi connectivity index (χ0) is 15.4. The van der Waals surface area contributed by atoms with Gasteiger partial charge in [0.05, 0.1) is 21.8 Å². The van der Waals surface area contributed by atoms with Crippen LogP contribution in [-0.4, -0.2) is 12.4 Å². The molecule has 5 heteroatoms. The van der Waals surface area contributed by atoms with Gasteiger partial charge in [-0.1, -0.05) is 18.5 Å². The maximum Gasteiger partial charge on any atom is 0.193 e. The van der Waals surface area contributed by atoms with Gasteiger partial charge in [0.2, 0.25) is 0 Å². The van der Waals surface area contributed by atoms with Gasteiger partial charge in [-0.25, -0.2) is 0 Å². The average molecular weight is 369 g/mol. The molecule has 0 amide bonds. The summed E-state index contributed by atoms with van der Waals surface area (Å²) < 4.78 is 6.32. The summed E-state index contributed by atoms with van der Waals surface area (Å²) >= 11 is 9.37. The van der Waals surface area contributed by atoms with Crippen LogP contribution < -0.4 is 10.5 Å². The Hall–Kier alpha value is -1.52. The number of rotatable bonds is 5. The summed E-state index contributed by atoms with van der Waals surface area (Å²) in [6, 6.07) is 10.1. The highest BCUT2D eigenvalue weighted by Crippen LogP contribution is 2.28. The van der Waals surface area contributed by atoms with Gasteiger partial charge < -0.3 is 10.5 Å². The Morgan fingerprint density at radius 3 is 2.52 bits per heavy atom. The molecule has 0 saturated carbocycles. The molecule has 0 bridgehead atoms. The van der Waals surface area contributed by atoms with Crippen LogP contribution in [0.1, 0.15) is 29.3 Å². The fourth-order valence-corrected chi connectivity index (χ4v) is 2.48. The van der Waals surface area contributed by atoms with E-state index in [0.29, 0.717) is 28.4 Å². The zero-order valence-corrected chi connectivity index (χ0v) is 13.9. The monoisotopic (exact) mass is 367 g/mol. The number of hydrogen-bond acceptors (Lipinski definition) is 3. The van der Waals surface area contributed by atoms with Crippen LogP contribution in [0.5, 0.6) is 5.75 Å². The van der Waals surface area contributed by atoms with Crippen LogP contribution in [0.2, 0.25) is 5.02 Å². The highest BCUT2D eigenvalue weighted by atomic mass is 79.9. The highest BCUT2D eigenvalue weighted by Gasteiger charge is 2.12. The van der Waals surface area contributed by atoms with E-state index >= 15 is 0 Å². The van der Waals surface area contributed by atoms with Gasteiger partial charge in [-0.15, -0.1) is 0 Å². The minimum absolute atomic E-state index is 0.111. The molecule has 0 fully saturated rings. The maximum absolute atomic E-state index is 12.4. The topological polar surface area (TPSA) is 52.3 Å². The fourth-order valence-electron chi connectivity index (χ4n) is 1.81. The number of nitrogens with two attached hydrogens (primary N) is 1. The molecule has 110 valence electrons. The van der Waals surface area contributed by atoms with Gasteiger partial charge >= 0.3 is 0 Å². The van der Waals surface area contributed by atoms with Crippen molar-refractivity contribution in [3.63, 3.8) is 0 Å². The van der Waals surface area contributed by atoms with Crippen molar-refractivity contribution in [2.45, 2.75) is 13.3 Å². The smallest absolute Gasteiger partial charge is 0.193 e. The van der Waals surface area contributed by atoms with E-state index in [1.165, 1.54) is 0 Å². The number of ketones is 1. The number of carbonyl (C=O) groups excluding carboxylic acids is 1. The number of halogens is 2. The van der Waals surface area contributed by atoms with Gasteiger partial charge in [0.15, 0.2) is 5.78 Å². The normalized spacial score (nSPS) is 10.4. The van der Waals surface area contributed by atoms with Crippen molar-refractivity contribution in [2.24, 2.45) is 0 Å². The molecule has 0 aromatic heterocycles. The molecule has 0 unspecified atom stereocenters. The number of benzene rings is 2. The average Bonchev–Trinajstić information content (AvgIpc) is 2.48. The van der Waals surface area contributed by atoms with Crippen molar-refractivity contribution in [2.75, 3.05) is 12.3 Å². The molecule has 0 heterocycles. The summed E-state index contributed by atoms with van der Waals surface area (Å²) in [7, 11) is 0. The molecule has 0 aliphatic carbocycles. The lowest BCUT2D eigenvalue weighted by molar-refractivity contribution is 0.103. The summed E-state index contributed by atoms with van der Waals surface area (Å²) in [5.74, 6) is 0.614. The third kappa shape index (κ3) is 3.77. The Balaban J connectivity index is 2.27. The van der Waals surface area contributed by atoms with Gasteiger partial charge in [0.25, 0.3) is 0 Å². The van der Waals surface area contributed by atoms with Gasteiger partial charge in [-0.05, 0) is 58.7 Å². The summed E-state index contributed by atoms with van der Waals surface area (Å²) in [5, 5.41) is 0.378. The predicted molar refractivity (Wildman–Crippen MR) is 89.2 cm³/mol. The van der Waals surface area contributed by atoms with Gasteiger partial charge in [0, 0.05) is 11.1 Å². The van der Waals surface area contributed by atoms with Crippen molar-refractivity contribution in [3.8, 4) is 5.75 Å². The Bertz CT molecular complexity index is 673. The maximum atomic E-state index is 12.4. The summed E-state index contributed by atoms with van der Waals surface area (Å²) in [5.41, 5.74) is 7.17. The quantitative estimate of drug-likeness (QED) is 0.614. The number of ether oxygens (including phenoxy) is 1. The van der Waals surface area contributed by atoms with Gasteiger partial charge in [-0.2, -0.15) is 0 Å². The molecule has 0 spiro atoms. The highest BCUT2D eigenvalue weighted by molar-refractivity contribution is 9.10. The number of hydrogen-bond donors (Lipinski definition) is 1. The first-order valence-electron chi connectivity index (χ1n) is 6.55. The minimum Gasteiger partial charge on any atom is -0.492 e. The van der Waals surface area contributed by atoms with Crippen LogP contribution in [0.4, 0.5) is 5.69 Å². The van der Waals surface area contributed by atoms with E-state index in [1.54, 1.807) is 36.4 Å². The Morgan fingerprint density at radius 1 is 1.24 bits per heavy atom. The fraction of sp³-hybridized carbons (Fsp3) is 0.188. The van der Waals surface area contributed by atoms with Crippen LogP contribution in [0.3, 0.4) is 0 Å². The molecular weight excluding hydrogens is 354 g/mol. The lowest BCUT2D eigenvalue weighted by Crippen LogP contribution is -2.03. The van der Waals surface area contributed by atoms with Crippen molar-refractivity contribution in [1.82, 2.24) is 0 Å². The van der Waals surface area contributed by atoms with Crippen molar-refractivity contribution >= 4 is 39.0 Å². The molecule has 0 aliphatic rings. The molecule has 21 heavy (non-hydrogen) atoms. The van der Waals surface area contributed by atoms with E-state index in [4.69, 9.17) is 22.1 Å². The third-order valence-electron chi connectivity index (χ3n) is 2.92. The summed E-state index contributed by atoms with van der Waals surface area (Å²) in [6.45, 7) is 2.68. The molecule has 2 aromatic carbocycles. The van der Waals surface area contributed by atoms with E-state index < -0.39 is 0 Å².